The second kappa shape index (κ2) is 5.32. The zero-order chi connectivity index (χ0) is 14.9. The first-order valence-corrected chi connectivity index (χ1v) is 6.16. The van der Waals surface area contributed by atoms with Crippen molar-refractivity contribution in [2.45, 2.75) is 26.8 Å². The van der Waals surface area contributed by atoms with E-state index < -0.39 is 16.4 Å². The highest BCUT2D eigenvalue weighted by molar-refractivity contribution is 5.51. The normalized spacial score (nSPS) is 12.2. The molecule has 0 saturated carbocycles. The monoisotopic (exact) mass is 278 g/mol. The number of benzene rings is 1. The van der Waals surface area contributed by atoms with Gasteiger partial charge in [0.15, 0.2) is 0 Å². The zero-order valence-corrected chi connectivity index (χ0v) is 11.4. The summed E-state index contributed by atoms with van der Waals surface area (Å²) in [5.41, 5.74) is 0.929. The Bertz CT molecular complexity index is 652. The molecule has 6 heteroatoms. The summed E-state index contributed by atoms with van der Waals surface area (Å²) in [6.07, 6.45) is 0. The van der Waals surface area contributed by atoms with Gasteiger partial charge in [-0.25, -0.2) is 0 Å². The van der Waals surface area contributed by atoms with Gasteiger partial charge in [0.1, 0.15) is 11.5 Å². The molecule has 106 valence electrons. The second-order valence-corrected chi connectivity index (χ2v) is 4.66. The molecular formula is C14H15FN2O3. The molecule has 2 aromatic rings. The van der Waals surface area contributed by atoms with E-state index in [1.165, 1.54) is 6.07 Å². The van der Waals surface area contributed by atoms with Gasteiger partial charge in [-0.15, -0.1) is 0 Å². The Kier molecular flexibility index (Phi) is 3.74. The van der Waals surface area contributed by atoms with Crippen LogP contribution in [0.3, 0.4) is 0 Å². The van der Waals surface area contributed by atoms with E-state index in [1.807, 2.05) is 26.8 Å². The molecule has 0 radical (unpaired) electrons. The zero-order valence-electron chi connectivity index (χ0n) is 11.4. The topological polar surface area (TPSA) is 68.3 Å². The molecule has 0 aliphatic rings. The van der Waals surface area contributed by atoms with Gasteiger partial charge in [0.25, 0.3) is 0 Å². The van der Waals surface area contributed by atoms with Gasteiger partial charge in [-0.05, 0) is 32.9 Å². The third-order valence-electron chi connectivity index (χ3n) is 3.07. The van der Waals surface area contributed by atoms with E-state index in [1.54, 1.807) is 0 Å². The number of anilines is 1. The van der Waals surface area contributed by atoms with Crippen molar-refractivity contribution in [2.75, 3.05) is 5.32 Å². The number of furan rings is 1. The maximum absolute atomic E-state index is 13.5. The van der Waals surface area contributed by atoms with E-state index in [2.05, 4.69) is 5.32 Å². The lowest BCUT2D eigenvalue weighted by molar-refractivity contribution is -0.387. The first-order chi connectivity index (χ1) is 9.38. The molecular weight excluding hydrogens is 263 g/mol. The van der Waals surface area contributed by atoms with Crippen molar-refractivity contribution < 1.29 is 13.7 Å². The summed E-state index contributed by atoms with van der Waals surface area (Å²) in [4.78, 5) is 9.81. The fourth-order valence-corrected chi connectivity index (χ4v) is 2.15. The fraction of sp³-hybridized carbons (Fsp3) is 0.286. The van der Waals surface area contributed by atoms with Gasteiger partial charge < -0.3 is 9.73 Å². The number of nitrogens with zero attached hydrogens (tertiary/aromatic N) is 1. The maximum atomic E-state index is 13.5. The summed E-state index contributed by atoms with van der Waals surface area (Å²) in [6.45, 7) is 5.63. The minimum absolute atomic E-state index is 0.0895. The molecule has 0 aliphatic carbocycles. The number of aryl methyl sites for hydroxylation is 2. The van der Waals surface area contributed by atoms with Gasteiger partial charge in [0, 0.05) is 23.4 Å². The molecule has 20 heavy (non-hydrogen) atoms. The molecule has 0 fully saturated rings. The van der Waals surface area contributed by atoms with Crippen LogP contribution < -0.4 is 5.32 Å². The van der Waals surface area contributed by atoms with Crippen LogP contribution in [0.5, 0.6) is 0 Å². The molecule has 0 saturated heterocycles. The second-order valence-electron chi connectivity index (χ2n) is 4.66. The minimum atomic E-state index is -0.854. The van der Waals surface area contributed by atoms with Crippen LogP contribution in [0.2, 0.25) is 0 Å². The Labute approximate surface area is 115 Å². The van der Waals surface area contributed by atoms with E-state index in [0.29, 0.717) is 5.69 Å². The number of nitrogens with one attached hydrogen (secondary N) is 1. The van der Waals surface area contributed by atoms with Crippen LogP contribution in [-0.2, 0) is 0 Å². The molecule has 0 bridgehead atoms. The molecule has 1 aromatic heterocycles. The van der Waals surface area contributed by atoms with E-state index in [-0.39, 0.29) is 6.04 Å². The van der Waals surface area contributed by atoms with E-state index in [4.69, 9.17) is 4.42 Å². The summed E-state index contributed by atoms with van der Waals surface area (Å²) in [6, 6.07) is 5.58. The van der Waals surface area contributed by atoms with Crippen LogP contribution in [-0.4, -0.2) is 4.92 Å². The number of halogens is 1. The molecule has 0 spiro atoms. The Balaban J connectivity index is 2.20. The van der Waals surface area contributed by atoms with Gasteiger partial charge in [-0.2, -0.15) is 4.39 Å². The number of hydrogen-bond acceptors (Lipinski definition) is 4. The lowest BCUT2D eigenvalue weighted by atomic mass is 10.1. The number of hydrogen-bond donors (Lipinski definition) is 1. The molecule has 5 nitrogen and oxygen atoms in total. The van der Waals surface area contributed by atoms with Crippen LogP contribution in [0.1, 0.15) is 30.0 Å². The van der Waals surface area contributed by atoms with E-state index in [0.717, 1.165) is 29.2 Å². The number of rotatable bonds is 4. The van der Waals surface area contributed by atoms with Crippen molar-refractivity contribution in [1.82, 2.24) is 0 Å². The maximum Gasteiger partial charge on any atom is 0.304 e. The summed E-state index contributed by atoms with van der Waals surface area (Å²) in [5, 5.41) is 13.7. The van der Waals surface area contributed by atoms with E-state index in [9.17, 15) is 14.5 Å². The van der Waals surface area contributed by atoms with E-state index >= 15 is 0 Å². The molecule has 1 heterocycles. The summed E-state index contributed by atoms with van der Waals surface area (Å²) >= 11 is 0. The highest BCUT2D eigenvalue weighted by atomic mass is 19.1. The Hall–Kier alpha value is -2.37. The summed E-state index contributed by atoms with van der Waals surface area (Å²) in [5.74, 6) is 0.748. The minimum Gasteiger partial charge on any atom is -0.466 e. The first kappa shape index (κ1) is 14.0. The number of nitro benzene ring substituents is 1. The third kappa shape index (κ3) is 2.79. The largest absolute Gasteiger partial charge is 0.466 e. The average Bonchev–Trinajstić information content (AvgIpc) is 2.68. The molecule has 1 unspecified atom stereocenters. The summed E-state index contributed by atoms with van der Waals surface area (Å²) < 4.78 is 19.0. The smallest absolute Gasteiger partial charge is 0.304 e. The highest BCUT2D eigenvalue weighted by Gasteiger charge is 2.16. The van der Waals surface area contributed by atoms with Gasteiger partial charge in [-0.3, -0.25) is 10.1 Å². The lowest BCUT2D eigenvalue weighted by Crippen LogP contribution is -2.07. The average molecular weight is 278 g/mol. The fourth-order valence-electron chi connectivity index (χ4n) is 2.15. The molecule has 0 aliphatic heterocycles. The van der Waals surface area contributed by atoms with Crippen LogP contribution in [0, 0.1) is 29.8 Å². The summed E-state index contributed by atoms with van der Waals surface area (Å²) in [7, 11) is 0. The quantitative estimate of drug-likeness (QED) is 0.674. The van der Waals surface area contributed by atoms with Crippen LogP contribution in [0.4, 0.5) is 15.8 Å². The van der Waals surface area contributed by atoms with Gasteiger partial charge in [0.05, 0.1) is 11.0 Å². The Morgan fingerprint density at radius 2 is 2.05 bits per heavy atom. The molecule has 1 atom stereocenters. The third-order valence-corrected chi connectivity index (χ3v) is 3.07. The van der Waals surface area contributed by atoms with Crippen LogP contribution in [0.15, 0.2) is 28.7 Å². The molecule has 2 rings (SSSR count). The predicted molar refractivity (Wildman–Crippen MR) is 73.3 cm³/mol. The van der Waals surface area contributed by atoms with Crippen molar-refractivity contribution in [3.05, 3.63) is 57.3 Å². The van der Waals surface area contributed by atoms with Crippen molar-refractivity contribution in [2.24, 2.45) is 0 Å². The van der Waals surface area contributed by atoms with Gasteiger partial charge >= 0.3 is 5.69 Å². The molecule has 1 aromatic carbocycles. The van der Waals surface area contributed by atoms with Crippen molar-refractivity contribution >= 4 is 11.4 Å². The molecule has 0 amide bonds. The van der Waals surface area contributed by atoms with Crippen LogP contribution >= 0.6 is 0 Å². The van der Waals surface area contributed by atoms with Crippen molar-refractivity contribution in [1.29, 1.82) is 0 Å². The first-order valence-electron chi connectivity index (χ1n) is 6.16. The van der Waals surface area contributed by atoms with Crippen LogP contribution in [0.25, 0.3) is 0 Å². The van der Waals surface area contributed by atoms with Crippen molar-refractivity contribution in [3.63, 3.8) is 0 Å². The lowest BCUT2D eigenvalue weighted by Gasteiger charge is -2.14. The number of nitro groups is 1. The molecule has 1 N–H and O–H groups in total. The van der Waals surface area contributed by atoms with Gasteiger partial charge in [0.2, 0.25) is 5.82 Å². The Morgan fingerprint density at radius 3 is 2.55 bits per heavy atom. The van der Waals surface area contributed by atoms with Gasteiger partial charge in [-0.1, -0.05) is 0 Å². The van der Waals surface area contributed by atoms with Crippen molar-refractivity contribution in [3.8, 4) is 0 Å². The Morgan fingerprint density at radius 1 is 1.35 bits per heavy atom. The standard InChI is InChI=1S/C14H15FN2O3/c1-8-6-12(10(3)20-8)9(2)16-11-4-5-14(17(18)19)13(15)7-11/h4-7,9,16H,1-3H3. The predicted octanol–water partition coefficient (Wildman–Crippen LogP) is 4.12. The highest BCUT2D eigenvalue weighted by Crippen LogP contribution is 2.27. The SMILES string of the molecule is Cc1cc(C(C)Nc2ccc([N+](=O)[O-])c(F)c2)c(C)o1.